The molecule has 1 amide bonds. The Morgan fingerprint density at radius 1 is 1.33 bits per heavy atom. The molecule has 1 fully saturated rings. The molecule has 0 spiro atoms. The minimum absolute atomic E-state index is 0.262. The van der Waals surface area contributed by atoms with Gasteiger partial charge in [-0.2, -0.15) is 0 Å². The first-order valence-electron chi connectivity index (χ1n) is 8.44. The third-order valence-corrected chi connectivity index (χ3v) is 4.29. The summed E-state index contributed by atoms with van der Waals surface area (Å²) < 4.78 is 42.8. The predicted molar refractivity (Wildman–Crippen MR) is 89.3 cm³/mol. The fourth-order valence-corrected chi connectivity index (χ4v) is 2.91. The van der Waals surface area contributed by atoms with Gasteiger partial charge in [0.2, 0.25) is 0 Å². The van der Waals surface area contributed by atoms with Crippen molar-refractivity contribution < 1.29 is 22.7 Å². The summed E-state index contributed by atoms with van der Waals surface area (Å²) >= 11 is 0. The molecule has 1 saturated carbocycles. The van der Waals surface area contributed by atoms with E-state index in [0.29, 0.717) is 29.9 Å². The lowest BCUT2D eigenvalue weighted by Crippen LogP contribution is -2.26. The van der Waals surface area contributed by atoms with Crippen LogP contribution in [0.5, 0.6) is 5.75 Å². The molecule has 1 aromatic carbocycles. The predicted octanol–water partition coefficient (Wildman–Crippen LogP) is 2.97. The fraction of sp³-hybridized carbons (Fsp3) is 0.353. The Balaban J connectivity index is 1.39. The van der Waals surface area contributed by atoms with E-state index in [1.54, 1.807) is 12.4 Å². The summed E-state index contributed by atoms with van der Waals surface area (Å²) in [5, 5.41) is 11.4. The zero-order valence-corrected chi connectivity index (χ0v) is 14.1. The Morgan fingerprint density at radius 3 is 2.89 bits per heavy atom. The van der Waals surface area contributed by atoms with E-state index in [4.69, 9.17) is 0 Å². The van der Waals surface area contributed by atoms with Crippen LogP contribution in [0, 0.1) is 0 Å². The van der Waals surface area contributed by atoms with Crippen molar-refractivity contribution in [3.63, 3.8) is 0 Å². The maximum Gasteiger partial charge on any atom is 0.573 e. The summed E-state index contributed by atoms with van der Waals surface area (Å²) in [6.45, 7) is 0.377. The summed E-state index contributed by atoms with van der Waals surface area (Å²) in [7, 11) is 0. The van der Waals surface area contributed by atoms with E-state index in [2.05, 4.69) is 25.2 Å². The molecule has 4 rings (SSSR count). The number of aromatic amines is 1. The number of H-pyrrole nitrogens is 1. The van der Waals surface area contributed by atoms with Gasteiger partial charge >= 0.3 is 6.36 Å². The lowest BCUT2D eigenvalue weighted by Gasteiger charge is -2.08. The minimum Gasteiger partial charge on any atom is -0.406 e. The Labute approximate surface area is 151 Å². The number of carbonyl (C=O) groups is 1. The zero-order valence-electron chi connectivity index (χ0n) is 14.1. The smallest absolute Gasteiger partial charge is 0.406 e. The maximum absolute atomic E-state index is 12.3. The second kappa shape index (κ2) is 6.60. The van der Waals surface area contributed by atoms with E-state index in [-0.39, 0.29) is 17.4 Å². The monoisotopic (exact) mass is 379 g/mol. The van der Waals surface area contributed by atoms with Crippen LogP contribution in [0.3, 0.4) is 0 Å². The van der Waals surface area contributed by atoms with E-state index in [1.807, 2.05) is 4.57 Å². The molecular weight excluding hydrogens is 363 g/mol. The molecule has 2 N–H and O–H groups in total. The maximum atomic E-state index is 12.3. The lowest BCUT2D eigenvalue weighted by molar-refractivity contribution is -0.274. The Morgan fingerprint density at radius 2 is 2.15 bits per heavy atom. The summed E-state index contributed by atoms with van der Waals surface area (Å²) in [4.78, 5) is 15.1. The number of hydrogen-bond acceptors (Lipinski definition) is 4. The van der Waals surface area contributed by atoms with Gasteiger partial charge in [-0.3, -0.25) is 4.79 Å². The number of fused-ring (bicyclic) bond motifs is 1. The summed E-state index contributed by atoms with van der Waals surface area (Å²) in [5.41, 5.74) is 0.646. The van der Waals surface area contributed by atoms with Crippen molar-refractivity contribution in [3.8, 4) is 5.75 Å². The molecule has 2 aromatic heterocycles. The van der Waals surface area contributed by atoms with Crippen molar-refractivity contribution in [1.29, 1.82) is 0 Å². The molecule has 0 saturated heterocycles. The molecule has 3 aromatic rings. The third-order valence-electron chi connectivity index (χ3n) is 4.29. The van der Waals surface area contributed by atoms with Gasteiger partial charge in [-0.05, 0) is 31.0 Å². The molecule has 0 bridgehead atoms. The molecule has 27 heavy (non-hydrogen) atoms. The number of aromatic nitrogens is 4. The van der Waals surface area contributed by atoms with Gasteiger partial charge in [0.25, 0.3) is 5.91 Å². The SMILES string of the molecule is O=C(NCCc1nncn1C1CC1)c1cc2ccc(OC(F)(F)F)cc2[nH]1. The number of halogens is 3. The number of amides is 1. The molecule has 10 heteroatoms. The standard InChI is InChI=1S/C17H16F3N5O2/c18-17(19,20)27-12-4-1-10-7-14(23-13(10)8-12)16(26)21-6-5-15-24-22-9-25(15)11-2-3-11/h1,4,7-9,11,23H,2-3,5-6H2,(H,21,26). The van der Waals surface area contributed by atoms with Crippen molar-refractivity contribution in [1.82, 2.24) is 25.1 Å². The number of carbonyl (C=O) groups excluding carboxylic acids is 1. The van der Waals surface area contributed by atoms with Gasteiger partial charge in [0, 0.05) is 36.0 Å². The average molecular weight is 379 g/mol. The molecule has 1 aliphatic carbocycles. The molecule has 2 heterocycles. The highest BCUT2D eigenvalue weighted by Gasteiger charge is 2.31. The second-order valence-electron chi connectivity index (χ2n) is 6.37. The van der Waals surface area contributed by atoms with Crippen LogP contribution in [-0.4, -0.2) is 38.6 Å². The normalized spacial score (nSPS) is 14.5. The number of nitrogens with one attached hydrogen (secondary N) is 2. The Hall–Kier alpha value is -3.04. The van der Waals surface area contributed by atoms with Gasteiger partial charge in [0.15, 0.2) is 0 Å². The lowest BCUT2D eigenvalue weighted by atomic mass is 10.2. The number of rotatable bonds is 6. The molecule has 0 aliphatic heterocycles. The zero-order chi connectivity index (χ0) is 19.0. The number of ether oxygens (including phenoxy) is 1. The third kappa shape index (κ3) is 4.04. The van der Waals surface area contributed by atoms with E-state index in [1.165, 1.54) is 18.2 Å². The van der Waals surface area contributed by atoms with Crippen molar-refractivity contribution in [2.24, 2.45) is 0 Å². The first-order chi connectivity index (χ1) is 12.9. The highest BCUT2D eigenvalue weighted by atomic mass is 19.4. The van der Waals surface area contributed by atoms with Crippen molar-refractivity contribution in [2.45, 2.75) is 31.7 Å². The van der Waals surface area contributed by atoms with Crippen LogP contribution >= 0.6 is 0 Å². The van der Waals surface area contributed by atoms with E-state index >= 15 is 0 Å². The highest BCUT2D eigenvalue weighted by Crippen LogP contribution is 2.35. The first-order valence-corrected chi connectivity index (χ1v) is 8.44. The van der Waals surface area contributed by atoms with E-state index < -0.39 is 6.36 Å². The van der Waals surface area contributed by atoms with Gasteiger partial charge in [-0.25, -0.2) is 0 Å². The molecule has 0 radical (unpaired) electrons. The summed E-state index contributed by atoms with van der Waals surface area (Å²) in [5.74, 6) is 0.133. The van der Waals surface area contributed by atoms with Gasteiger partial charge in [-0.1, -0.05) is 0 Å². The molecule has 1 aliphatic rings. The van der Waals surface area contributed by atoms with E-state index in [0.717, 1.165) is 18.7 Å². The molecule has 7 nitrogen and oxygen atoms in total. The minimum atomic E-state index is -4.76. The number of hydrogen-bond donors (Lipinski definition) is 2. The quantitative estimate of drug-likeness (QED) is 0.690. The number of nitrogens with zero attached hydrogens (tertiary/aromatic N) is 3. The van der Waals surface area contributed by atoms with Crippen molar-refractivity contribution in [2.75, 3.05) is 6.54 Å². The molecular formula is C17H16F3N5O2. The van der Waals surface area contributed by atoms with Gasteiger partial charge < -0.3 is 19.6 Å². The summed E-state index contributed by atoms with van der Waals surface area (Å²) in [6.07, 6.45) is -0.278. The fourth-order valence-electron chi connectivity index (χ4n) is 2.91. The van der Waals surface area contributed by atoms with Crippen molar-refractivity contribution >= 4 is 16.8 Å². The van der Waals surface area contributed by atoms with Crippen LogP contribution in [0.15, 0.2) is 30.6 Å². The van der Waals surface area contributed by atoms with Gasteiger partial charge in [0.05, 0.1) is 0 Å². The largest absolute Gasteiger partial charge is 0.573 e. The van der Waals surface area contributed by atoms with Crippen LogP contribution in [-0.2, 0) is 6.42 Å². The number of benzene rings is 1. The van der Waals surface area contributed by atoms with Crippen molar-refractivity contribution in [3.05, 3.63) is 42.1 Å². The van der Waals surface area contributed by atoms with Crippen LogP contribution in [0.1, 0.15) is 35.2 Å². The van der Waals surface area contributed by atoms with Gasteiger partial charge in [-0.15, -0.1) is 23.4 Å². The average Bonchev–Trinajstić information content (AvgIpc) is 3.17. The second-order valence-corrected chi connectivity index (χ2v) is 6.37. The van der Waals surface area contributed by atoms with Crippen LogP contribution in [0.25, 0.3) is 10.9 Å². The van der Waals surface area contributed by atoms with Crippen LogP contribution < -0.4 is 10.1 Å². The Bertz CT molecular complexity index is 975. The first kappa shape index (κ1) is 17.4. The molecule has 0 atom stereocenters. The topological polar surface area (TPSA) is 84.8 Å². The molecule has 0 unspecified atom stereocenters. The summed E-state index contributed by atoms with van der Waals surface area (Å²) in [6, 6.07) is 5.91. The molecule has 142 valence electrons. The van der Waals surface area contributed by atoms with Crippen LogP contribution in [0.4, 0.5) is 13.2 Å². The highest BCUT2D eigenvalue weighted by molar-refractivity contribution is 5.98. The number of alkyl halides is 3. The van der Waals surface area contributed by atoms with Crippen LogP contribution in [0.2, 0.25) is 0 Å². The van der Waals surface area contributed by atoms with Gasteiger partial charge in [0.1, 0.15) is 23.6 Å². The van der Waals surface area contributed by atoms with E-state index in [9.17, 15) is 18.0 Å². The Kier molecular flexibility index (Phi) is 4.25.